The van der Waals surface area contributed by atoms with Crippen molar-refractivity contribution in [1.82, 2.24) is 4.98 Å². The first kappa shape index (κ1) is 14.3. The molecule has 0 unspecified atom stereocenters. The second kappa shape index (κ2) is 5.92. The van der Waals surface area contributed by atoms with Gasteiger partial charge in [0.05, 0.1) is 0 Å². The predicted molar refractivity (Wildman–Crippen MR) is 82.7 cm³/mol. The Bertz CT molecular complexity index is 635. The maximum absolute atomic E-state index is 12.2. The number of amides is 1. The highest BCUT2D eigenvalue weighted by Gasteiger charge is 2.09. The zero-order valence-electron chi connectivity index (χ0n) is 11.6. The van der Waals surface area contributed by atoms with Gasteiger partial charge in [-0.25, -0.2) is 4.98 Å². The largest absolute Gasteiger partial charge is 0.373 e. The molecule has 1 heterocycles. The first-order valence-corrected chi connectivity index (χ1v) is 6.61. The fraction of sp³-hybridized carbons (Fsp3) is 0.200. The standard InChI is InChI=1S/C15H16ClN3O/c1-9-4-10(2)6-12(5-9)18-15(20)11-7-13(16)19-14(8-11)17-3/h4-8H,1-3H3,(H,17,19)(H,18,20). The van der Waals surface area contributed by atoms with Gasteiger partial charge in [0, 0.05) is 18.3 Å². The van der Waals surface area contributed by atoms with Gasteiger partial charge in [-0.1, -0.05) is 17.7 Å². The predicted octanol–water partition coefficient (Wildman–Crippen LogP) is 3.65. The van der Waals surface area contributed by atoms with E-state index in [2.05, 4.69) is 21.7 Å². The molecule has 1 amide bonds. The molecule has 2 N–H and O–H groups in total. The molecule has 4 nitrogen and oxygen atoms in total. The molecule has 2 rings (SSSR count). The minimum Gasteiger partial charge on any atom is -0.373 e. The summed E-state index contributed by atoms with van der Waals surface area (Å²) in [5.41, 5.74) is 3.44. The third kappa shape index (κ3) is 3.48. The molecular weight excluding hydrogens is 274 g/mol. The summed E-state index contributed by atoms with van der Waals surface area (Å²) in [7, 11) is 1.73. The van der Waals surface area contributed by atoms with Gasteiger partial charge < -0.3 is 10.6 Å². The van der Waals surface area contributed by atoms with Crippen LogP contribution in [0.2, 0.25) is 5.15 Å². The average molecular weight is 290 g/mol. The summed E-state index contributed by atoms with van der Waals surface area (Å²) in [6, 6.07) is 9.10. The fourth-order valence-corrected chi connectivity index (χ4v) is 2.21. The molecule has 1 aromatic heterocycles. The van der Waals surface area contributed by atoms with Crippen LogP contribution in [0.4, 0.5) is 11.5 Å². The second-order valence-electron chi connectivity index (χ2n) is 4.64. The average Bonchev–Trinajstić information content (AvgIpc) is 2.36. The van der Waals surface area contributed by atoms with Crippen molar-refractivity contribution in [2.45, 2.75) is 13.8 Å². The zero-order chi connectivity index (χ0) is 14.7. The molecule has 0 bridgehead atoms. The smallest absolute Gasteiger partial charge is 0.255 e. The molecule has 104 valence electrons. The number of carbonyl (C=O) groups excluding carboxylic acids is 1. The molecule has 0 saturated heterocycles. The van der Waals surface area contributed by atoms with Crippen molar-refractivity contribution in [2.24, 2.45) is 0 Å². The highest BCUT2D eigenvalue weighted by molar-refractivity contribution is 6.30. The van der Waals surface area contributed by atoms with E-state index < -0.39 is 0 Å². The SMILES string of the molecule is CNc1cc(C(=O)Nc2cc(C)cc(C)c2)cc(Cl)n1. The van der Waals surface area contributed by atoms with E-state index in [1.165, 1.54) is 0 Å². The van der Waals surface area contributed by atoms with E-state index in [-0.39, 0.29) is 11.1 Å². The molecule has 2 aromatic rings. The van der Waals surface area contributed by atoms with Crippen molar-refractivity contribution in [3.05, 3.63) is 52.2 Å². The Morgan fingerprint density at radius 1 is 1.10 bits per heavy atom. The minimum absolute atomic E-state index is 0.212. The van der Waals surface area contributed by atoms with Gasteiger partial charge in [-0.3, -0.25) is 4.79 Å². The van der Waals surface area contributed by atoms with Crippen molar-refractivity contribution in [1.29, 1.82) is 0 Å². The number of nitrogens with one attached hydrogen (secondary N) is 2. The molecule has 0 aliphatic heterocycles. The van der Waals surface area contributed by atoms with Crippen molar-refractivity contribution in [2.75, 3.05) is 17.7 Å². The number of aryl methyl sites for hydroxylation is 2. The van der Waals surface area contributed by atoms with Gasteiger partial charge in [-0.05, 0) is 49.2 Å². The van der Waals surface area contributed by atoms with Gasteiger partial charge in [0.25, 0.3) is 5.91 Å². The van der Waals surface area contributed by atoms with E-state index in [4.69, 9.17) is 11.6 Å². The van der Waals surface area contributed by atoms with Crippen LogP contribution in [0.3, 0.4) is 0 Å². The number of pyridine rings is 1. The Morgan fingerprint density at radius 3 is 2.35 bits per heavy atom. The molecule has 0 aliphatic carbocycles. The van der Waals surface area contributed by atoms with Gasteiger partial charge in [-0.2, -0.15) is 0 Å². The van der Waals surface area contributed by atoms with Crippen molar-refractivity contribution >= 4 is 29.0 Å². The molecule has 0 aliphatic rings. The Labute approximate surface area is 123 Å². The lowest BCUT2D eigenvalue weighted by Gasteiger charge is -2.09. The van der Waals surface area contributed by atoms with Gasteiger partial charge in [-0.15, -0.1) is 0 Å². The number of nitrogens with zero attached hydrogens (tertiary/aromatic N) is 1. The first-order valence-electron chi connectivity index (χ1n) is 6.23. The maximum atomic E-state index is 12.2. The van der Waals surface area contributed by atoms with E-state index in [1.54, 1.807) is 19.2 Å². The lowest BCUT2D eigenvalue weighted by molar-refractivity contribution is 0.102. The lowest BCUT2D eigenvalue weighted by atomic mass is 10.1. The molecule has 1 aromatic carbocycles. The molecule has 5 heteroatoms. The van der Waals surface area contributed by atoms with Gasteiger partial charge >= 0.3 is 0 Å². The normalized spacial score (nSPS) is 10.2. The second-order valence-corrected chi connectivity index (χ2v) is 5.03. The zero-order valence-corrected chi connectivity index (χ0v) is 12.4. The van der Waals surface area contributed by atoms with Gasteiger partial charge in [0.15, 0.2) is 0 Å². The maximum Gasteiger partial charge on any atom is 0.255 e. The summed E-state index contributed by atoms with van der Waals surface area (Å²) >= 11 is 5.90. The Kier molecular flexibility index (Phi) is 4.25. The van der Waals surface area contributed by atoms with E-state index in [9.17, 15) is 4.79 Å². The van der Waals surface area contributed by atoms with Crippen LogP contribution in [0.1, 0.15) is 21.5 Å². The third-order valence-electron chi connectivity index (χ3n) is 2.79. The number of hydrogen-bond donors (Lipinski definition) is 2. The topological polar surface area (TPSA) is 54.0 Å². The molecular formula is C15H16ClN3O. The van der Waals surface area contributed by atoms with Crippen LogP contribution >= 0.6 is 11.6 Å². The van der Waals surface area contributed by atoms with E-state index in [0.29, 0.717) is 11.4 Å². The van der Waals surface area contributed by atoms with Crippen LogP contribution < -0.4 is 10.6 Å². The summed E-state index contributed by atoms with van der Waals surface area (Å²) in [6.07, 6.45) is 0. The Morgan fingerprint density at radius 2 is 1.75 bits per heavy atom. The van der Waals surface area contributed by atoms with Crippen LogP contribution in [-0.4, -0.2) is 17.9 Å². The van der Waals surface area contributed by atoms with Crippen molar-refractivity contribution in [3.8, 4) is 0 Å². The third-order valence-corrected chi connectivity index (χ3v) is 2.99. The summed E-state index contributed by atoms with van der Waals surface area (Å²) in [6.45, 7) is 3.98. The fourth-order valence-electron chi connectivity index (χ4n) is 2.01. The van der Waals surface area contributed by atoms with E-state index in [1.807, 2.05) is 26.0 Å². The summed E-state index contributed by atoms with van der Waals surface area (Å²) in [5, 5.41) is 6.01. The van der Waals surface area contributed by atoms with Crippen molar-refractivity contribution < 1.29 is 4.79 Å². The number of anilines is 2. The molecule has 0 saturated carbocycles. The van der Waals surface area contributed by atoms with Gasteiger partial charge in [0.1, 0.15) is 11.0 Å². The van der Waals surface area contributed by atoms with Crippen LogP contribution in [0, 0.1) is 13.8 Å². The highest BCUT2D eigenvalue weighted by Crippen LogP contribution is 2.18. The molecule has 0 spiro atoms. The number of benzene rings is 1. The van der Waals surface area contributed by atoms with E-state index in [0.717, 1.165) is 16.8 Å². The van der Waals surface area contributed by atoms with Crippen LogP contribution in [0.25, 0.3) is 0 Å². The molecule has 0 radical (unpaired) electrons. The Hall–Kier alpha value is -2.07. The number of halogens is 1. The number of aromatic nitrogens is 1. The van der Waals surface area contributed by atoms with Crippen LogP contribution in [0.15, 0.2) is 30.3 Å². The highest BCUT2D eigenvalue weighted by atomic mass is 35.5. The quantitative estimate of drug-likeness (QED) is 0.848. The lowest BCUT2D eigenvalue weighted by Crippen LogP contribution is -2.13. The number of carbonyl (C=O) groups is 1. The summed E-state index contributed by atoms with van der Waals surface area (Å²) < 4.78 is 0. The molecule has 0 fully saturated rings. The monoisotopic (exact) mass is 289 g/mol. The van der Waals surface area contributed by atoms with Crippen LogP contribution in [0.5, 0.6) is 0 Å². The molecule has 0 atom stereocenters. The number of hydrogen-bond acceptors (Lipinski definition) is 3. The first-order chi connectivity index (χ1) is 9.47. The molecule has 20 heavy (non-hydrogen) atoms. The van der Waals surface area contributed by atoms with Crippen LogP contribution in [-0.2, 0) is 0 Å². The van der Waals surface area contributed by atoms with Gasteiger partial charge in [0.2, 0.25) is 0 Å². The summed E-state index contributed by atoms with van der Waals surface area (Å²) in [5.74, 6) is 0.346. The van der Waals surface area contributed by atoms with Crippen molar-refractivity contribution in [3.63, 3.8) is 0 Å². The Balaban J connectivity index is 2.25. The number of rotatable bonds is 3. The minimum atomic E-state index is -0.212. The summed E-state index contributed by atoms with van der Waals surface area (Å²) in [4.78, 5) is 16.3. The van der Waals surface area contributed by atoms with E-state index >= 15 is 0 Å².